The Morgan fingerprint density at radius 3 is 2.47 bits per heavy atom. The second kappa shape index (κ2) is 3.76. The summed E-state index contributed by atoms with van der Waals surface area (Å²) in [7, 11) is 0. The highest BCUT2D eigenvalue weighted by Gasteiger charge is 2.35. The number of fused-ring (bicyclic) bond motifs is 1. The van der Waals surface area contributed by atoms with Gasteiger partial charge in [-0.15, -0.1) is 0 Å². The molecule has 0 amide bonds. The lowest BCUT2D eigenvalue weighted by Gasteiger charge is -2.13. The van der Waals surface area contributed by atoms with E-state index in [0.29, 0.717) is 11.3 Å². The van der Waals surface area contributed by atoms with Crippen molar-refractivity contribution in [3.63, 3.8) is 0 Å². The molecule has 0 fully saturated rings. The van der Waals surface area contributed by atoms with Crippen molar-refractivity contribution in [2.75, 3.05) is 0 Å². The molecule has 0 saturated carbocycles. The van der Waals surface area contributed by atoms with Crippen molar-refractivity contribution in [3.05, 3.63) is 27.7 Å². The highest BCUT2D eigenvalue weighted by Crippen LogP contribution is 2.31. The minimum absolute atomic E-state index is 0.0542. The van der Waals surface area contributed by atoms with E-state index in [1.54, 1.807) is 13.0 Å². The molecule has 0 aromatic heterocycles. The van der Waals surface area contributed by atoms with Crippen molar-refractivity contribution < 1.29 is 13.2 Å². The van der Waals surface area contributed by atoms with Gasteiger partial charge < -0.3 is 4.98 Å². The Kier molecular flexibility index (Phi) is 2.65. The predicted octanol–water partition coefficient (Wildman–Crippen LogP) is 3.27. The van der Waals surface area contributed by atoms with Crippen LogP contribution in [0.4, 0.5) is 13.2 Å². The van der Waals surface area contributed by atoms with Crippen LogP contribution in [-0.4, -0.2) is 15.0 Å². The van der Waals surface area contributed by atoms with E-state index in [9.17, 15) is 13.2 Å². The lowest BCUT2D eigenvalue weighted by molar-refractivity contribution is -0.141. The van der Waals surface area contributed by atoms with E-state index in [1.807, 2.05) is 0 Å². The van der Waals surface area contributed by atoms with E-state index in [-0.39, 0.29) is 16.2 Å². The maximum absolute atomic E-state index is 12.6. The third kappa shape index (κ3) is 2.14. The topological polar surface area (TPSA) is 41.6 Å². The summed E-state index contributed by atoms with van der Waals surface area (Å²) in [6.45, 7) is 3.04. The Bertz CT molecular complexity index is 603. The van der Waals surface area contributed by atoms with E-state index in [4.69, 9.17) is 12.2 Å². The van der Waals surface area contributed by atoms with Crippen molar-refractivity contribution in [1.82, 2.24) is 15.0 Å². The van der Waals surface area contributed by atoms with Crippen LogP contribution in [0.5, 0.6) is 0 Å². The number of halogens is 3. The van der Waals surface area contributed by atoms with Gasteiger partial charge in [-0.25, -0.2) is 9.97 Å². The first-order chi connectivity index (χ1) is 7.79. The monoisotopic (exact) mass is 259 g/mol. The number of hydrogen-bond acceptors (Lipinski definition) is 3. The summed E-state index contributed by atoms with van der Waals surface area (Å²) in [5.74, 6) is 0.0542. The second-order valence-corrected chi connectivity index (χ2v) is 4.06. The molecule has 0 aliphatic carbocycles. The quantitative estimate of drug-likeness (QED) is 0.738. The molecule has 1 N–H and O–H groups in total. The summed E-state index contributed by atoms with van der Waals surface area (Å²) in [4.78, 5) is 10.0. The molecule has 3 nitrogen and oxygen atoms in total. The van der Waals surface area contributed by atoms with E-state index in [1.165, 1.54) is 6.92 Å². The number of pyridine rings is 1. The van der Waals surface area contributed by atoms with Crippen LogP contribution in [0.2, 0.25) is 0 Å². The number of nitrogens with zero attached hydrogens (tertiary/aromatic N) is 2. The van der Waals surface area contributed by atoms with Gasteiger partial charge in [-0.3, -0.25) is 0 Å². The summed E-state index contributed by atoms with van der Waals surface area (Å²) in [5, 5.41) is 0. The molecule has 2 rings (SSSR count). The van der Waals surface area contributed by atoms with Gasteiger partial charge >= 0.3 is 6.18 Å². The molecular weight excluding hydrogens is 251 g/mol. The molecule has 0 aromatic carbocycles. The number of aryl methyl sites for hydroxylation is 2. The molecule has 0 atom stereocenters. The lowest BCUT2D eigenvalue weighted by atomic mass is 10.2. The number of hydrogen-bond donors (Lipinski definition) is 1. The van der Waals surface area contributed by atoms with E-state index in [0.717, 1.165) is 0 Å². The molecule has 7 heteroatoms. The number of rotatable bonds is 0. The zero-order valence-corrected chi connectivity index (χ0v) is 9.83. The van der Waals surface area contributed by atoms with E-state index in [2.05, 4.69) is 15.0 Å². The third-order valence-corrected chi connectivity index (χ3v) is 2.74. The smallest absolute Gasteiger partial charge is 0.333 e. The van der Waals surface area contributed by atoms with Gasteiger partial charge in [0.2, 0.25) is 0 Å². The molecule has 0 radical (unpaired) electrons. The van der Waals surface area contributed by atoms with Crippen molar-refractivity contribution in [2.24, 2.45) is 0 Å². The van der Waals surface area contributed by atoms with E-state index < -0.39 is 11.9 Å². The summed E-state index contributed by atoms with van der Waals surface area (Å²) in [6.07, 6.45) is -4.47. The van der Waals surface area contributed by atoms with Crippen molar-refractivity contribution in [3.8, 4) is 11.5 Å². The molecule has 90 valence electrons. The zero-order chi connectivity index (χ0) is 12.8. The fraction of sp³-hybridized carbons (Fsp3) is 0.300. The van der Waals surface area contributed by atoms with Crippen LogP contribution in [0.25, 0.3) is 11.5 Å². The Balaban J connectivity index is 2.78. The molecule has 0 spiro atoms. The van der Waals surface area contributed by atoms with Crippen LogP contribution in [0.3, 0.4) is 0 Å². The fourth-order valence-electron chi connectivity index (χ4n) is 1.48. The minimum atomic E-state index is -4.47. The summed E-state index contributed by atoms with van der Waals surface area (Å²) >= 11 is 4.91. The first kappa shape index (κ1) is 12.0. The van der Waals surface area contributed by atoms with Crippen LogP contribution >= 0.6 is 12.2 Å². The highest BCUT2D eigenvalue weighted by atomic mass is 32.1. The minimum Gasteiger partial charge on any atom is -0.333 e. The number of nitrogens with one attached hydrogen (secondary N) is 1. The van der Waals surface area contributed by atoms with Crippen LogP contribution < -0.4 is 0 Å². The molecule has 0 saturated heterocycles. The predicted molar refractivity (Wildman–Crippen MR) is 58.3 cm³/mol. The van der Waals surface area contributed by atoms with Crippen LogP contribution in [0, 0.1) is 18.5 Å². The number of aromatic nitrogens is 3. The fourth-order valence-corrected chi connectivity index (χ4v) is 1.63. The first-order valence-corrected chi connectivity index (χ1v) is 5.15. The van der Waals surface area contributed by atoms with Gasteiger partial charge in [-0.05, 0) is 25.5 Å². The lowest BCUT2D eigenvalue weighted by Crippen LogP contribution is -2.14. The van der Waals surface area contributed by atoms with Gasteiger partial charge in [0.1, 0.15) is 16.0 Å². The van der Waals surface area contributed by atoms with Gasteiger partial charge in [0.15, 0.2) is 5.82 Å². The number of aromatic amines is 1. The maximum Gasteiger partial charge on any atom is 0.433 e. The summed E-state index contributed by atoms with van der Waals surface area (Å²) in [5.41, 5.74) is 0.0910. The maximum atomic E-state index is 12.6. The Morgan fingerprint density at radius 2 is 1.88 bits per heavy atom. The largest absolute Gasteiger partial charge is 0.433 e. The molecule has 0 unspecified atom stereocenters. The molecule has 0 aromatic rings. The van der Waals surface area contributed by atoms with Crippen LogP contribution in [0.1, 0.15) is 17.0 Å². The standard InChI is InChI=1S/C10H8F3N3S/c1-4-3-6-8(16-9(4)17)15-7(5(2)14-6)10(11,12)13/h3H,1-2H3,(H,15,16,17). The van der Waals surface area contributed by atoms with E-state index >= 15 is 0 Å². The third-order valence-electron chi connectivity index (χ3n) is 2.32. The zero-order valence-electron chi connectivity index (χ0n) is 9.01. The second-order valence-electron chi connectivity index (χ2n) is 3.67. The molecule has 2 heterocycles. The average molecular weight is 259 g/mol. The Hall–Kier alpha value is -1.50. The molecular formula is C10H8F3N3S. The van der Waals surface area contributed by atoms with Gasteiger partial charge in [0, 0.05) is 0 Å². The normalized spacial score (nSPS) is 12.1. The molecule has 0 bridgehead atoms. The molecule has 2 aliphatic heterocycles. The summed E-state index contributed by atoms with van der Waals surface area (Å²) < 4.78 is 38.2. The summed E-state index contributed by atoms with van der Waals surface area (Å²) in [6, 6.07) is 1.62. The van der Waals surface area contributed by atoms with Gasteiger partial charge in [-0.1, -0.05) is 12.2 Å². The Morgan fingerprint density at radius 1 is 1.24 bits per heavy atom. The first-order valence-electron chi connectivity index (χ1n) is 4.74. The SMILES string of the molecule is Cc1nc2cc(C)c(=S)nc-2[nH]c1C(F)(F)F. The average Bonchev–Trinajstić information content (AvgIpc) is 2.18. The number of alkyl halides is 3. The Labute approximate surface area is 100 Å². The van der Waals surface area contributed by atoms with Crippen molar-refractivity contribution in [2.45, 2.75) is 20.0 Å². The van der Waals surface area contributed by atoms with Crippen LogP contribution in [-0.2, 0) is 6.18 Å². The van der Waals surface area contributed by atoms with Gasteiger partial charge in [0.25, 0.3) is 0 Å². The van der Waals surface area contributed by atoms with Crippen LogP contribution in [0.15, 0.2) is 6.07 Å². The van der Waals surface area contributed by atoms with Crippen molar-refractivity contribution >= 4 is 12.2 Å². The van der Waals surface area contributed by atoms with Crippen molar-refractivity contribution in [1.29, 1.82) is 0 Å². The number of H-pyrrole nitrogens is 1. The molecule has 2 aliphatic rings. The molecule has 17 heavy (non-hydrogen) atoms. The van der Waals surface area contributed by atoms with Gasteiger partial charge in [0.05, 0.1) is 5.69 Å². The van der Waals surface area contributed by atoms with Gasteiger partial charge in [-0.2, -0.15) is 13.2 Å². The highest BCUT2D eigenvalue weighted by molar-refractivity contribution is 7.71.